The van der Waals surface area contributed by atoms with Gasteiger partial charge in [-0.15, -0.1) is 0 Å². The monoisotopic (exact) mass is 428 g/mol. The molecular weight excluding hydrogens is 404 g/mol. The van der Waals surface area contributed by atoms with Crippen molar-refractivity contribution in [3.05, 3.63) is 84.0 Å². The van der Waals surface area contributed by atoms with E-state index in [1.54, 1.807) is 17.1 Å². The third-order valence-corrected chi connectivity index (χ3v) is 5.65. The summed E-state index contributed by atoms with van der Waals surface area (Å²) < 4.78 is 7.17. The average molecular weight is 428 g/mol. The number of para-hydroxylation sites is 1. The molecule has 2 aromatic carbocycles. The smallest absolute Gasteiger partial charge is 0.257 e. The maximum absolute atomic E-state index is 12.9. The molecule has 0 bridgehead atoms. The number of carbonyl (C=O) groups is 1. The van der Waals surface area contributed by atoms with Gasteiger partial charge in [-0.05, 0) is 19.1 Å². The molecule has 0 unspecified atom stereocenters. The zero-order valence-electron chi connectivity index (χ0n) is 17.9. The lowest BCUT2D eigenvalue weighted by atomic mass is 10.1. The maximum atomic E-state index is 12.9. The molecule has 1 saturated heterocycles. The Kier molecular flexibility index (Phi) is 5.51. The summed E-state index contributed by atoms with van der Waals surface area (Å²) in [5, 5.41) is 8.44. The van der Waals surface area contributed by atoms with Crippen LogP contribution in [0, 0.1) is 6.92 Å². The maximum Gasteiger partial charge on any atom is 0.257 e. The Morgan fingerprint density at radius 3 is 2.50 bits per heavy atom. The predicted octanol–water partition coefficient (Wildman–Crippen LogP) is 3.19. The molecule has 32 heavy (non-hydrogen) atoms. The number of hydrogen-bond acceptors (Lipinski definition) is 6. The molecule has 3 heterocycles. The molecule has 1 fully saturated rings. The van der Waals surface area contributed by atoms with Crippen LogP contribution >= 0.6 is 0 Å². The molecule has 4 aromatic rings. The van der Waals surface area contributed by atoms with Crippen LogP contribution in [0.2, 0.25) is 0 Å². The standard InChI is InChI=1S/C24H24N6O2/c1-18-7-9-19(10-8-18)23-26-22(32-27-23)17-28-11-13-29(14-12-28)24(31)20-15-25-30(16-20)21-5-3-2-4-6-21/h2-10,15-16H,11-14,17H2,1H3. The highest BCUT2D eigenvalue weighted by Crippen LogP contribution is 2.18. The minimum absolute atomic E-state index is 0.00581. The fraction of sp³-hybridized carbons (Fsp3) is 0.250. The fourth-order valence-electron chi connectivity index (χ4n) is 3.78. The minimum atomic E-state index is 0.00581. The van der Waals surface area contributed by atoms with Gasteiger partial charge in [0.25, 0.3) is 5.91 Å². The van der Waals surface area contributed by atoms with Gasteiger partial charge in [-0.25, -0.2) is 4.68 Å². The first-order valence-corrected chi connectivity index (χ1v) is 10.7. The summed E-state index contributed by atoms with van der Waals surface area (Å²) in [6.07, 6.45) is 3.42. The third kappa shape index (κ3) is 4.31. The largest absolute Gasteiger partial charge is 0.338 e. The van der Waals surface area contributed by atoms with Crippen molar-refractivity contribution < 1.29 is 9.32 Å². The Morgan fingerprint density at radius 2 is 1.75 bits per heavy atom. The van der Waals surface area contributed by atoms with Crippen molar-refractivity contribution in [2.24, 2.45) is 0 Å². The van der Waals surface area contributed by atoms with E-state index >= 15 is 0 Å². The van der Waals surface area contributed by atoms with Crippen LogP contribution in [-0.2, 0) is 6.54 Å². The summed E-state index contributed by atoms with van der Waals surface area (Å²) in [6, 6.07) is 17.8. The van der Waals surface area contributed by atoms with Crippen LogP contribution in [0.4, 0.5) is 0 Å². The molecule has 0 saturated carbocycles. The highest BCUT2D eigenvalue weighted by Gasteiger charge is 2.24. The lowest BCUT2D eigenvalue weighted by molar-refractivity contribution is 0.0615. The summed E-state index contributed by atoms with van der Waals surface area (Å²) in [5.41, 5.74) is 3.66. The topological polar surface area (TPSA) is 80.3 Å². The molecule has 0 aliphatic carbocycles. The van der Waals surface area contributed by atoms with Crippen molar-refractivity contribution in [1.82, 2.24) is 29.7 Å². The lowest BCUT2D eigenvalue weighted by Crippen LogP contribution is -2.48. The molecule has 0 N–H and O–H groups in total. The number of piperazine rings is 1. The molecule has 5 rings (SSSR count). The van der Waals surface area contributed by atoms with Crippen LogP contribution in [0.5, 0.6) is 0 Å². The Morgan fingerprint density at radius 1 is 1.00 bits per heavy atom. The summed E-state index contributed by atoms with van der Waals surface area (Å²) in [7, 11) is 0. The SMILES string of the molecule is Cc1ccc(-c2noc(CN3CCN(C(=O)c4cnn(-c5ccccc5)c4)CC3)n2)cc1. The van der Waals surface area contributed by atoms with Crippen molar-refractivity contribution in [2.75, 3.05) is 26.2 Å². The summed E-state index contributed by atoms with van der Waals surface area (Å²) in [6.45, 7) is 5.42. The number of carbonyl (C=O) groups excluding carboxylic acids is 1. The second-order valence-corrected chi connectivity index (χ2v) is 7.96. The van der Waals surface area contributed by atoms with Crippen LogP contribution in [0.15, 0.2) is 71.5 Å². The first-order valence-electron chi connectivity index (χ1n) is 10.7. The van der Waals surface area contributed by atoms with Gasteiger partial charge in [-0.1, -0.05) is 53.2 Å². The van der Waals surface area contributed by atoms with Gasteiger partial charge in [0.2, 0.25) is 11.7 Å². The third-order valence-electron chi connectivity index (χ3n) is 5.65. The van der Waals surface area contributed by atoms with Gasteiger partial charge in [0.1, 0.15) is 0 Å². The molecule has 1 aliphatic rings. The van der Waals surface area contributed by atoms with Crippen molar-refractivity contribution in [1.29, 1.82) is 0 Å². The van der Waals surface area contributed by atoms with Gasteiger partial charge >= 0.3 is 0 Å². The molecule has 0 spiro atoms. The number of rotatable bonds is 5. The van der Waals surface area contributed by atoms with Gasteiger partial charge in [0.05, 0.1) is 24.0 Å². The second-order valence-electron chi connectivity index (χ2n) is 7.96. The number of amides is 1. The number of aromatic nitrogens is 4. The van der Waals surface area contributed by atoms with E-state index < -0.39 is 0 Å². The molecule has 0 atom stereocenters. The molecule has 0 radical (unpaired) electrons. The highest BCUT2D eigenvalue weighted by atomic mass is 16.5. The van der Waals surface area contributed by atoms with Crippen LogP contribution in [-0.4, -0.2) is 61.8 Å². The Labute approximate surface area is 186 Å². The van der Waals surface area contributed by atoms with E-state index in [9.17, 15) is 4.79 Å². The molecule has 8 heteroatoms. The second kappa shape index (κ2) is 8.76. The zero-order chi connectivity index (χ0) is 21.9. The normalized spacial score (nSPS) is 14.6. The quantitative estimate of drug-likeness (QED) is 0.486. The molecule has 8 nitrogen and oxygen atoms in total. The zero-order valence-corrected chi connectivity index (χ0v) is 17.9. The Bertz CT molecular complexity index is 1190. The van der Waals surface area contributed by atoms with E-state index in [0.717, 1.165) is 24.3 Å². The van der Waals surface area contributed by atoms with Gasteiger partial charge in [0, 0.05) is 37.9 Å². The van der Waals surface area contributed by atoms with Crippen molar-refractivity contribution in [2.45, 2.75) is 13.5 Å². The predicted molar refractivity (Wildman–Crippen MR) is 119 cm³/mol. The number of benzene rings is 2. The van der Waals surface area contributed by atoms with E-state index in [4.69, 9.17) is 4.52 Å². The molecule has 1 aliphatic heterocycles. The Hall–Kier alpha value is -3.78. The van der Waals surface area contributed by atoms with E-state index in [-0.39, 0.29) is 5.91 Å². The van der Waals surface area contributed by atoms with Crippen LogP contribution in [0.1, 0.15) is 21.8 Å². The van der Waals surface area contributed by atoms with Crippen LogP contribution < -0.4 is 0 Å². The van der Waals surface area contributed by atoms with Gasteiger partial charge in [-0.3, -0.25) is 9.69 Å². The molecular formula is C24H24N6O2. The van der Waals surface area contributed by atoms with Crippen LogP contribution in [0.3, 0.4) is 0 Å². The fourth-order valence-corrected chi connectivity index (χ4v) is 3.78. The van der Waals surface area contributed by atoms with Gasteiger partial charge in [-0.2, -0.15) is 10.1 Å². The number of aryl methyl sites for hydroxylation is 1. The number of nitrogens with zero attached hydrogens (tertiary/aromatic N) is 6. The first kappa shape index (κ1) is 20.1. The highest BCUT2D eigenvalue weighted by molar-refractivity contribution is 5.93. The first-order chi connectivity index (χ1) is 15.7. The van der Waals surface area contributed by atoms with E-state index in [2.05, 4.69) is 20.1 Å². The van der Waals surface area contributed by atoms with Crippen molar-refractivity contribution >= 4 is 5.91 Å². The Balaban J connectivity index is 1.17. The van der Waals surface area contributed by atoms with Crippen molar-refractivity contribution in [3.8, 4) is 17.1 Å². The van der Waals surface area contributed by atoms with Gasteiger partial charge in [0.15, 0.2) is 0 Å². The lowest BCUT2D eigenvalue weighted by Gasteiger charge is -2.33. The van der Waals surface area contributed by atoms with Crippen LogP contribution in [0.25, 0.3) is 17.1 Å². The summed E-state index contributed by atoms with van der Waals surface area (Å²) >= 11 is 0. The van der Waals surface area contributed by atoms with E-state index in [1.165, 1.54) is 5.56 Å². The van der Waals surface area contributed by atoms with Crippen molar-refractivity contribution in [3.63, 3.8) is 0 Å². The molecule has 2 aromatic heterocycles. The minimum Gasteiger partial charge on any atom is -0.338 e. The summed E-state index contributed by atoms with van der Waals surface area (Å²) in [5.74, 6) is 1.19. The van der Waals surface area contributed by atoms with E-state index in [1.807, 2.05) is 66.4 Å². The molecule has 1 amide bonds. The molecule has 162 valence electrons. The van der Waals surface area contributed by atoms with E-state index in [0.29, 0.717) is 36.9 Å². The average Bonchev–Trinajstić information content (AvgIpc) is 3.51. The van der Waals surface area contributed by atoms with Gasteiger partial charge < -0.3 is 9.42 Å². The summed E-state index contributed by atoms with van der Waals surface area (Å²) in [4.78, 5) is 21.5. The number of hydrogen-bond donors (Lipinski definition) is 0.